The fourth-order valence-electron chi connectivity index (χ4n) is 1.43. The molecule has 13 heavy (non-hydrogen) atoms. The smallest absolute Gasteiger partial charge is 0.336 e. The lowest BCUT2D eigenvalue weighted by molar-refractivity contribution is 0.559. The molecule has 2 nitrogen and oxygen atoms in total. The zero-order chi connectivity index (χ0) is 9.42. The van der Waals surface area contributed by atoms with E-state index in [1.54, 1.807) is 0 Å². The van der Waals surface area contributed by atoms with E-state index in [2.05, 4.69) is 0 Å². The van der Waals surface area contributed by atoms with Crippen molar-refractivity contribution < 1.29 is 4.42 Å². The van der Waals surface area contributed by atoms with Crippen molar-refractivity contribution in [2.45, 2.75) is 13.8 Å². The second kappa shape index (κ2) is 2.73. The zero-order valence-electron chi connectivity index (χ0n) is 7.63. The van der Waals surface area contributed by atoms with Crippen LogP contribution in [0.2, 0.25) is 0 Å². The van der Waals surface area contributed by atoms with E-state index >= 15 is 0 Å². The van der Waals surface area contributed by atoms with Gasteiger partial charge in [-0.05, 0) is 31.0 Å². The summed E-state index contributed by atoms with van der Waals surface area (Å²) in [6.07, 6.45) is 0. The van der Waals surface area contributed by atoms with Crippen molar-refractivity contribution in [1.29, 1.82) is 0 Å². The van der Waals surface area contributed by atoms with E-state index in [9.17, 15) is 4.79 Å². The van der Waals surface area contributed by atoms with Crippen molar-refractivity contribution in [3.63, 3.8) is 0 Å². The first-order chi connectivity index (χ1) is 6.16. The molecule has 1 aromatic carbocycles. The maximum Gasteiger partial charge on any atom is 0.336 e. The topological polar surface area (TPSA) is 30.2 Å². The highest BCUT2D eigenvalue weighted by Gasteiger charge is 2.00. The van der Waals surface area contributed by atoms with E-state index in [-0.39, 0.29) is 5.63 Å². The number of hydrogen-bond acceptors (Lipinski definition) is 2. The Labute approximate surface area is 75.8 Å². The van der Waals surface area contributed by atoms with Gasteiger partial charge in [-0.15, -0.1) is 0 Å². The van der Waals surface area contributed by atoms with Crippen molar-refractivity contribution in [2.24, 2.45) is 0 Å². The maximum atomic E-state index is 11.0. The Kier molecular flexibility index (Phi) is 1.69. The molecule has 0 saturated carbocycles. The van der Waals surface area contributed by atoms with Gasteiger partial charge < -0.3 is 4.42 Å². The summed E-state index contributed by atoms with van der Waals surface area (Å²) in [5, 5.41) is 1.00. The maximum absolute atomic E-state index is 11.0. The molecule has 0 aliphatic carbocycles. The molecular weight excluding hydrogens is 164 g/mol. The molecule has 1 heterocycles. The van der Waals surface area contributed by atoms with Crippen molar-refractivity contribution in [2.75, 3.05) is 0 Å². The van der Waals surface area contributed by atoms with Gasteiger partial charge in [0, 0.05) is 11.5 Å². The van der Waals surface area contributed by atoms with Gasteiger partial charge in [0.25, 0.3) is 0 Å². The summed E-state index contributed by atoms with van der Waals surface area (Å²) in [6, 6.07) is 7.37. The van der Waals surface area contributed by atoms with Crippen LogP contribution in [0.4, 0.5) is 0 Å². The van der Waals surface area contributed by atoms with Gasteiger partial charge in [0.2, 0.25) is 0 Å². The molecule has 0 bridgehead atoms. The van der Waals surface area contributed by atoms with E-state index in [1.165, 1.54) is 6.07 Å². The quantitative estimate of drug-likeness (QED) is 0.574. The minimum atomic E-state index is -0.282. The van der Waals surface area contributed by atoms with Gasteiger partial charge in [0.1, 0.15) is 5.58 Å². The number of fused-ring (bicyclic) bond motifs is 1. The van der Waals surface area contributed by atoms with Crippen molar-refractivity contribution in [3.8, 4) is 0 Å². The lowest BCUT2D eigenvalue weighted by Gasteiger charge is -2.00. The molecule has 2 rings (SSSR count). The van der Waals surface area contributed by atoms with E-state index in [1.807, 2.05) is 32.0 Å². The molecule has 2 aromatic rings. The Morgan fingerprint density at radius 2 is 1.92 bits per heavy atom. The van der Waals surface area contributed by atoms with Crippen LogP contribution in [0, 0.1) is 13.8 Å². The minimum Gasteiger partial charge on any atom is -0.423 e. The van der Waals surface area contributed by atoms with Crippen molar-refractivity contribution in [1.82, 2.24) is 0 Å². The average molecular weight is 174 g/mol. The van der Waals surface area contributed by atoms with Gasteiger partial charge in [-0.2, -0.15) is 0 Å². The minimum absolute atomic E-state index is 0.282. The molecule has 0 spiro atoms. The molecular formula is C11H10O2. The molecule has 0 aliphatic rings. The van der Waals surface area contributed by atoms with E-state index in [0.29, 0.717) is 5.58 Å². The van der Waals surface area contributed by atoms with Crippen LogP contribution in [-0.2, 0) is 0 Å². The third kappa shape index (κ3) is 1.35. The van der Waals surface area contributed by atoms with E-state index in [0.717, 1.165) is 16.5 Å². The molecule has 0 atom stereocenters. The lowest BCUT2D eigenvalue weighted by Crippen LogP contribution is -1.97. The number of rotatable bonds is 0. The summed E-state index contributed by atoms with van der Waals surface area (Å²) in [5.41, 5.74) is 2.45. The molecule has 0 saturated heterocycles. The Balaban J connectivity index is 2.94. The van der Waals surface area contributed by atoms with Gasteiger partial charge in [-0.1, -0.05) is 12.1 Å². The summed E-state index contributed by atoms with van der Waals surface area (Å²) >= 11 is 0. The Morgan fingerprint density at radius 3 is 2.69 bits per heavy atom. The van der Waals surface area contributed by atoms with Gasteiger partial charge >= 0.3 is 5.63 Å². The average Bonchev–Trinajstić information content (AvgIpc) is 2.02. The Morgan fingerprint density at radius 1 is 1.15 bits per heavy atom. The number of aryl methyl sites for hydroxylation is 2. The van der Waals surface area contributed by atoms with Crippen molar-refractivity contribution in [3.05, 3.63) is 45.8 Å². The molecule has 0 fully saturated rings. The summed E-state index contributed by atoms with van der Waals surface area (Å²) in [5.74, 6) is 0. The number of hydrogen-bond donors (Lipinski definition) is 0. The highest BCUT2D eigenvalue weighted by atomic mass is 16.4. The molecule has 0 amide bonds. The standard InChI is InChI=1S/C11H10O2/c1-7-3-4-9-8(2)6-11(12)13-10(9)5-7/h3-6H,1-2H3. The third-order valence-corrected chi connectivity index (χ3v) is 2.11. The molecule has 1 aromatic heterocycles. The second-order valence-electron chi connectivity index (χ2n) is 3.25. The molecule has 0 unspecified atom stereocenters. The third-order valence-electron chi connectivity index (χ3n) is 2.11. The highest BCUT2D eigenvalue weighted by Crippen LogP contribution is 2.16. The Hall–Kier alpha value is -1.57. The Bertz CT molecular complexity index is 509. The lowest BCUT2D eigenvalue weighted by atomic mass is 10.1. The van der Waals surface area contributed by atoms with E-state index < -0.39 is 0 Å². The van der Waals surface area contributed by atoms with Crippen LogP contribution in [0.25, 0.3) is 11.0 Å². The van der Waals surface area contributed by atoms with Gasteiger partial charge in [-0.3, -0.25) is 0 Å². The first-order valence-corrected chi connectivity index (χ1v) is 4.18. The van der Waals surface area contributed by atoms with Crippen LogP contribution in [0.3, 0.4) is 0 Å². The van der Waals surface area contributed by atoms with Crippen LogP contribution >= 0.6 is 0 Å². The largest absolute Gasteiger partial charge is 0.423 e. The molecule has 2 heteroatoms. The second-order valence-corrected chi connectivity index (χ2v) is 3.25. The van der Waals surface area contributed by atoms with Crippen LogP contribution in [-0.4, -0.2) is 0 Å². The van der Waals surface area contributed by atoms with Crippen LogP contribution in [0.5, 0.6) is 0 Å². The summed E-state index contributed by atoms with van der Waals surface area (Å²) in [4.78, 5) is 11.0. The molecule has 0 N–H and O–H groups in total. The van der Waals surface area contributed by atoms with Gasteiger partial charge in [0.15, 0.2) is 0 Å². The van der Waals surface area contributed by atoms with Crippen LogP contribution in [0.15, 0.2) is 33.5 Å². The highest BCUT2D eigenvalue weighted by molar-refractivity contribution is 5.80. The summed E-state index contributed by atoms with van der Waals surface area (Å²) < 4.78 is 5.07. The van der Waals surface area contributed by atoms with Crippen LogP contribution in [0.1, 0.15) is 11.1 Å². The first kappa shape index (κ1) is 8.05. The predicted molar refractivity (Wildman–Crippen MR) is 52.0 cm³/mol. The fraction of sp³-hybridized carbons (Fsp3) is 0.182. The van der Waals surface area contributed by atoms with Gasteiger partial charge in [0.05, 0.1) is 0 Å². The van der Waals surface area contributed by atoms with Gasteiger partial charge in [-0.25, -0.2) is 4.79 Å². The first-order valence-electron chi connectivity index (χ1n) is 4.18. The SMILES string of the molecule is Cc1ccc2c(C)cc(=O)oc2c1. The molecule has 0 radical (unpaired) electrons. The van der Waals surface area contributed by atoms with E-state index in [4.69, 9.17) is 4.42 Å². The fourth-order valence-corrected chi connectivity index (χ4v) is 1.43. The number of benzene rings is 1. The zero-order valence-corrected chi connectivity index (χ0v) is 7.63. The van der Waals surface area contributed by atoms with Crippen molar-refractivity contribution >= 4 is 11.0 Å². The monoisotopic (exact) mass is 174 g/mol. The molecule has 66 valence electrons. The molecule has 0 aliphatic heterocycles. The predicted octanol–water partition coefficient (Wildman–Crippen LogP) is 2.41. The summed E-state index contributed by atoms with van der Waals surface area (Å²) in [7, 11) is 0. The normalized spacial score (nSPS) is 10.6. The summed E-state index contributed by atoms with van der Waals surface area (Å²) in [6.45, 7) is 3.89. The van der Waals surface area contributed by atoms with Crippen LogP contribution < -0.4 is 5.63 Å².